The topological polar surface area (TPSA) is 90.7 Å². The van der Waals surface area contributed by atoms with Crippen LogP contribution in [0.25, 0.3) is 6.08 Å². The lowest BCUT2D eigenvalue weighted by Gasteiger charge is -2.11. The van der Waals surface area contributed by atoms with Crippen LogP contribution in [0.2, 0.25) is 0 Å². The molecule has 27 heavy (non-hydrogen) atoms. The van der Waals surface area contributed by atoms with Gasteiger partial charge in [0.1, 0.15) is 0 Å². The van der Waals surface area contributed by atoms with Crippen molar-refractivity contribution in [1.29, 1.82) is 0 Å². The summed E-state index contributed by atoms with van der Waals surface area (Å²) < 4.78 is 11.5. The lowest BCUT2D eigenvalue weighted by molar-refractivity contribution is -0.384. The van der Waals surface area contributed by atoms with Gasteiger partial charge in [0.2, 0.25) is 5.91 Å². The first kappa shape index (κ1) is 20.4. The van der Waals surface area contributed by atoms with Crippen LogP contribution in [0, 0.1) is 10.1 Å². The fourth-order valence-electron chi connectivity index (χ4n) is 2.24. The zero-order valence-corrected chi connectivity index (χ0v) is 16.5. The van der Waals surface area contributed by atoms with Crippen LogP contribution < -0.4 is 14.8 Å². The number of nitrogens with one attached hydrogen (secondary N) is 1. The molecule has 0 aliphatic heterocycles. The third-order valence-corrected chi connectivity index (χ3v) is 4.07. The monoisotopic (exact) mass is 434 g/mol. The van der Waals surface area contributed by atoms with Crippen LogP contribution >= 0.6 is 15.9 Å². The molecule has 0 unspecified atom stereocenters. The molecule has 1 N–H and O–H groups in total. The molecule has 0 saturated carbocycles. The summed E-state index contributed by atoms with van der Waals surface area (Å²) in [6.45, 7) is 4.81. The van der Waals surface area contributed by atoms with Crippen molar-refractivity contribution in [2.75, 3.05) is 18.5 Å². The first-order chi connectivity index (χ1) is 12.9. The molecule has 1 amide bonds. The summed E-state index contributed by atoms with van der Waals surface area (Å²) in [5.41, 5.74) is 1.16. The molecule has 142 valence electrons. The van der Waals surface area contributed by atoms with E-state index < -0.39 is 4.92 Å². The molecule has 0 spiro atoms. The number of hydrogen-bond acceptors (Lipinski definition) is 5. The van der Waals surface area contributed by atoms with Crippen molar-refractivity contribution in [2.45, 2.75) is 13.8 Å². The van der Waals surface area contributed by atoms with Gasteiger partial charge in [-0.1, -0.05) is 6.07 Å². The number of non-ortho nitro benzene ring substituents is 1. The Morgan fingerprint density at radius 3 is 2.48 bits per heavy atom. The van der Waals surface area contributed by atoms with Crippen LogP contribution in [0.5, 0.6) is 11.5 Å². The van der Waals surface area contributed by atoms with E-state index in [0.717, 1.165) is 5.56 Å². The minimum Gasteiger partial charge on any atom is -0.490 e. The molecule has 0 aromatic heterocycles. The average molecular weight is 435 g/mol. The highest BCUT2D eigenvalue weighted by molar-refractivity contribution is 9.10. The molecule has 8 heteroatoms. The van der Waals surface area contributed by atoms with E-state index >= 15 is 0 Å². The lowest BCUT2D eigenvalue weighted by Crippen LogP contribution is -2.08. The van der Waals surface area contributed by atoms with Crippen molar-refractivity contribution in [2.24, 2.45) is 0 Å². The zero-order chi connectivity index (χ0) is 19.8. The van der Waals surface area contributed by atoms with E-state index in [2.05, 4.69) is 21.2 Å². The Kier molecular flexibility index (Phi) is 7.36. The highest BCUT2D eigenvalue weighted by atomic mass is 79.9. The summed E-state index contributed by atoms with van der Waals surface area (Å²) in [5, 5.41) is 13.4. The second-order valence-corrected chi connectivity index (χ2v) is 6.17. The molecular weight excluding hydrogens is 416 g/mol. The van der Waals surface area contributed by atoms with Gasteiger partial charge in [0.15, 0.2) is 11.5 Å². The Labute approximate surface area is 165 Å². The van der Waals surface area contributed by atoms with E-state index in [0.29, 0.717) is 34.9 Å². The number of nitro benzene ring substituents is 1. The number of nitro groups is 1. The summed E-state index contributed by atoms with van der Waals surface area (Å²) in [7, 11) is 0. The summed E-state index contributed by atoms with van der Waals surface area (Å²) >= 11 is 3.22. The molecular formula is C19H19BrN2O5. The Hall–Kier alpha value is -2.87. The molecule has 0 saturated heterocycles. The molecule has 0 aliphatic rings. The molecule has 0 bridgehead atoms. The van der Waals surface area contributed by atoms with Gasteiger partial charge in [-0.2, -0.15) is 0 Å². The van der Waals surface area contributed by atoms with E-state index in [1.54, 1.807) is 18.2 Å². The minimum atomic E-state index is -0.502. The Balaban J connectivity index is 2.10. The molecule has 2 aromatic carbocycles. The van der Waals surface area contributed by atoms with Gasteiger partial charge in [-0.25, -0.2) is 0 Å². The quantitative estimate of drug-likeness (QED) is 0.365. The number of ether oxygens (including phenoxy) is 2. The molecule has 0 radical (unpaired) electrons. The fourth-order valence-corrected chi connectivity index (χ4v) is 2.70. The standard InChI is InChI=1S/C19H19BrN2O5/c1-3-26-17-9-5-13(11-18(17)27-4-2)6-10-19(23)21-16-8-7-14(22(24)25)12-15(16)20/h5-12H,3-4H2,1-2H3,(H,21,23)/b10-6+. The first-order valence-corrected chi connectivity index (χ1v) is 9.06. The second kappa shape index (κ2) is 9.72. The van der Waals surface area contributed by atoms with Crippen LogP contribution in [0.3, 0.4) is 0 Å². The number of nitrogens with zero attached hydrogens (tertiary/aromatic N) is 1. The van der Waals surface area contributed by atoms with Gasteiger partial charge >= 0.3 is 0 Å². The number of amides is 1. The third-order valence-electron chi connectivity index (χ3n) is 3.42. The number of hydrogen-bond donors (Lipinski definition) is 1. The van der Waals surface area contributed by atoms with Gasteiger partial charge in [0.05, 0.1) is 23.8 Å². The molecule has 0 aliphatic carbocycles. The summed E-state index contributed by atoms with van der Waals surface area (Å²) in [4.78, 5) is 22.4. The predicted octanol–water partition coefficient (Wildman–Crippen LogP) is 4.81. The van der Waals surface area contributed by atoms with Crippen molar-refractivity contribution in [1.82, 2.24) is 0 Å². The van der Waals surface area contributed by atoms with Crippen molar-refractivity contribution in [3.8, 4) is 11.5 Å². The van der Waals surface area contributed by atoms with Gasteiger partial charge in [-0.05, 0) is 59.6 Å². The highest BCUT2D eigenvalue weighted by Crippen LogP contribution is 2.29. The molecule has 2 rings (SSSR count). The van der Waals surface area contributed by atoms with Crippen LogP contribution in [0.15, 0.2) is 46.9 Å². The highest BCUT2D eigenvalue weighted by Gasteiger charge is 2.10. The zero-order valence-electron chi connectivity index (χ0n) is 14.9. The van der Waals surface area contributed by atoms with E-state index in [1.165, 1.54) is 24.3 Å². The lowest BCUT2D eigenvalue weighted by atomic mass is 10.2. The van der Waals surface area contributed by atoms with Crippen molar-refractivity contribution in [3.63, 3.8) is 0 Å². The predicted molar refractivity (Wildman–Crippen MR) is 107 cm³/mol. The van der Waals surface area contributed by atoms with Gasteiger partial charge < -0.3 is 14.8 Å². The average Bonchev–Trinajstić information content (AvgIpc) is 2.63. The van der Waals surface area contributed by atoms with Crippen molar-refractivity contribution < 1.29 is 19.2 Å². The molecule has 2 aromatic rings. The number of carbonyl (C=O) groups excluding carboxylic acids is 1. The molecule has 0 heterocycles. The Morgan fingerprint density at radius 1 is 1.15 bits per heavy atom. The molecule has 7 nitrogen and oxygen atoms in total. The summed E-state index contributed by atoms with van der Waals surface area (Å²) in [5.74, 6) is 0.896. The van der Waals surface area contributed by atoms with Crippen LogP contribution in [-0.2, 0) is 4.79 Å². The van der Waals surface area contributed by atoms with E-state index in [1.807, 2.05) is 19.9 Å². The largest absolute Gasteiger partial charge is 0.490 e. The van der Waals surface area contributed by atoms with E-state index in [9.17, 15) is 14.9 Å². The van der Waals surface area contributed by atoms with Gasteiger partial charge in [-0.3, -0.25) is 14.9 Å². The smallest absolute Gasteiger partial charge is 0.270 e. The summed E-state index contributed by atoms with van der Waals surface area (Å²) in [6, 6.07) is 9.53. The van der Waals surface area contributed by atoms with E-state index in [4.69, 9.17) is 9.47 Å². The molecule has 0 atom stereocenters. The van der Waals surface area contributed by atoms with E-state index in [-0.39, 0.29) is 11.6 Å². The summed E-state index contributed by atoms with van der Waals surface area (Å²) in [6.07, 6.45) is 3.02. The van der Waals surface area contributed by atoms with Gasteiger partial charge in [0.25, 0.3) is 5.69 Å². The normalized spacial score (nSPS) is 10.6. The maximum atomic E-state index is 12.1. The fraction of sp³-hybridized carbons (Fsp3) is 0.211. The number of halogens is 1. The molecule has 0 fully saturated rings. The van der Waals surface area contributed by atoms with Crippen LogP contribution in [-0.4, -0.2) is 24.0 Å². The number of carbonyl (C=O) groups is 1. The van der Waals surface area contributed by atoms with Gasteiger partial charge in [-0.15, -0.1) is 0 Å². The maximum absolute atomic E-state index is 12.1. The number of rotatable bonds is 8. The SMILES string of the molecule is CCOc1ccc(/C=C/C(=O)Nc2ccc([N+](=O)[O-])cc2Br)cc1OCC. The van der Waals surface area contributed by atoms with Crippen molar-refractivity contribution in [3.05, 3.63) is 62.6 Å². The Bertz CT molecular complexity index is 867. The Morgan fingerprint density at radius 2 is 1.85 bits per heavy atom. The van der Waals surface area contributed by atoms with Gasteiger partial charge in [0, 0.05) is 22.7 Å². The third kappa shape index (κ3) is 5.82. The minimum absolute atomic E-state index is 0.0618. The van der Waals surface area contributed by atoms with Crippen LogP contribution in [0.1, 0.15) is 19.4 Å². The number of anilines is 1. The van der Waals surface area contributed by atoms with Crippen LogP contribution in [0.4, 0.5) is 11.4 Å². The second-order valence-electron chi connectivity index (χ2n) is 5.32. The number of benzene rings is 2. The van der Waals surface area contributed by atoms with Crippen molar-refractivity contribution >= 4 is 39.3 Å². The first-order valence-electron chi connectivity index (χ1n) is 8.27. The maximum Gasteiger partial charge on any atom is 0.270 e.